The molecule has 1 fully saturated rings. The number of aliphatic hydroxyl groups excluding tert-OH is 1. The van der Waals surface area contributed by atoms with Gasteiger partial charge in [0, 0.05) is 49.1 Å². The lowest BCUT2D eigenvalue weighted by Gasteiger charge is -2.21. The molecule has 2 amide bonds. The van der Waals surface area contributed by atoms with Crippen molar-refractivity contribution >= 4 is 23.4 Å². The van der Waals surface area contributed by atoms with E-state index in [9.17, 15) is 19.1 Å². The van der Waals surface area contributed by atoms with E-state index in [4.69, 9.17) is 21.3 Å². The number of ether oxygens (including phenoxy) is 1. The first-order valence-corrected chi connectivity index (χ1v) is 13.4. The minimum atomic E-state index is -0.917. The maximum atomic E-state index is 14.3. The van der Waals surface area contributed by atoms with Gasteiger partial charge in [-0.1, -0.05) is 41.4 Å². The number of rotatable bonds is 8. The fraction of sp³-hybridized carbons (Fsp3) is 0.379. The Morgan fingerprint density at radius 2 is 2.05 bits per heavy atom. The summed E-state index contributed by atoms with van der Waals surface area (Å²) in [4.78, 5) is 36.5. The molecule has 3 heterocycles. The Balaban J connectivity index is 1.28. The largest absolute Gasteiger partial charge is 0.394 e. The fourth-order valence-corrected chi connectivity index (χ4v) is 5.31. The second kappa shape index (κ2) is 11.8. The van der Waals surface area contributed by atoms with E-state index in [-0.39, 0.29) is 24.6 Å². The summed E-state index contributed by atoms with van der Waals surface area (Å²) in [5.41, 5.74) is 3.52. The van der Waals surface area contributed by atoms with Crippen LogP contribution in [0.1, 0.15) is 51.8 Å². The minimum absolute atomic E-state index is 0.199. The van der Waals surface area contributed by atoms with E-state index in [0.717, 1.165) is 43.6 Å². The van der Waals surface area contributed by atoms with E-state index < -0.39 is 24.4 Å². The summed E-state index contributed by atoms with van der Waals surface area (Å²) in [7, 11) is 0. The summed E-state index contributed by atoms with van der Waals surface area (Å²) in [5.74, 6) is -0.141. The first kappa shape index (κ1) is 27.2. The van der Waals surface area contributed by atoms with E-state index in [2.05, 4.69) is 10.3 Å². The fourth-order valence-electron chi connectivity index (χ4n) is 5.11. The van der Waals surface area contributed by atoms with Crippen molar-refractivity contribution < 1.29 is 23.8 Å². The van der Waals surface area contributed by atoms with Crippen LogP contribution in [0.2, 0.25) is 5.02 Å². The molecule has 1 aromatic heterocycles. The summed E-state index contributed by atoms with van der Waals surface area (Å²) < 4.78 is 19.7. The van der Waals surface area contributed by atoms with E-state index >= 15 is 0 Å². The monoisotopic (exact) mass is 552 g/mol. The first-order valence-electron chi connectivity index (χ1n) is 13.0. The summed E-state index contributed by atoms with van der Waals surface area (Å²) in [6.07, 6.45) is 4.27. The Labute approximate surface area is 231 Å². The Hall–Kier alpha value is -3.40. The Bertz CT molecular complexity index is 1400. The average Bonchev–Trinajstić information content (AvgIpc) is 3.24. The van der Waals surface area contributed by atoms with Gasteiger partial charge >= 0.3 is 0 Å². The highest BCUT2D eigenvalue weighted by molar-refractivity contribution is 6.32. The Morgan fingerprint density at radius 1 is 1.26 bits per heavy atom. The zero-order chi connectivity index (χ0) is 27.5. The third-order valence-electron chi connectivity index (χ3n) is 7.25. The molecule has 39 heavy (non-hydrogen) atoms. The third-order valence-corrected chi connectivity index (χ3v) is 7.52. The average molecular weight is 553 g/mol. The Kier molecular flexibility index (Phi) is 8.20. The maximum absolute atomic E-state index is 14.3. The van der Waals surface area contributed by atoms with Crippen LogP contribution in [0.3, 0.4) is 0 Å². The van der Waals surface area contributed by atoms with Crippen molar-refractivity contribution in [1.82, 2.24) is 20.2 Å². The van der Waals surface area contributed by atoms with Crippen LogP contribution in [-0.2, 0) is 22.5 Å². The number of carbonyl (C=O) groups excluding carboxylic acids is 2. The minimum Gasteiger partial charge on any atom is -0.394 e. The molecule has 0 unspecified atom stereocenters. The molecule has 2 aromatic carbocycles. The highest BCUT2D eigenvalue weighted by Gasteiger charge is 2.30. The Morgan fingerprint density at radius 3 is 2.82 bits per heavy atom. The second-order valence-electron chi connectivity index (χ2n) is 10.1. The van der Waals surface area contributed by atoms with Crippen LogP contribution in [0.4, 0.5) is 4.39 Å². The standard InChI is InChI=1S/C29H30ClFN4O4/c1-17-2-5-24(31)22(10-17)25(16-36)33-27(37)15-35-14-20-4-3-19(12-21(20)29(35)38)28-23(30)13-32-26(34-28)11-18-6-8-39-9-7-18/h2-5,10,12-13,18,25,36H,6-9,11,14-16H2,1H3,(H,33,37)/t25-/m1/s1. The number of nitrogens with one attached hydrogen (secondary N) is 1. The zero-order valence-corrected chi connectivity index (χ0v) is 22.4. The number of fused-ring (bicyclic) bond motifs is 1. The van der Waals surface area contributed by atoms with Crippen LogP contribution in [0.15, 0.2) is 42.6 Å². The van der Waals surface area contributed by atoms with Gasteiger partial charge in [-0.15, -0.1) is 0 Å². The molecule has 10 heteroatoms. The third kappa shape index (κ3) is 6.11. The number of aryl methyl sites for hydroxylation is 1. The first-order chi connectivity index (χ1) is 18.8. The lowest BCUT2D eigenvalue weighted by Crippen LogP contribution is -2.40. The number of amides is 2. The molecule has 0 spiro atoms. The number of aromatic nitrogens is 2. The lowest BCUT2D eigenvalue weighted by molar-refractivity contribution is -0.122. The summed E-state index contributed by atoms with van der Waals surface area (Å²) >= 11 is 6.45. The topological polar surface area (TPSA) is 105 Å². The van der Waals surface area contributed by atoms with Crippen molar-refractivity contribution in [3.8, 4) is 11.3 Å². The normalized spacial score (nSPS) is 16.3. The molecule has 2 aliphatic heterocycles. The number of nitrogens with zero attached hydrogens (tertiary/aromatic N) is 3. The molecule has 2 N–H and O–H groups in total. The summed E-state index contributed by atoms with van der Waals surface area (Å²) in [6, 6.07) is 9.04. The zero-order valence-electron chi connectivity index (χ0n) is 21.6. The molecule has 3 aromatic rings. The van der Waals surface area contributed by atoms with Crippen LogP contribution in [-0.4, -0.2) is 58.2 Å². The van der Waals surface area contributed by atoms with E-state index in [1.54, 1.807) is 31.3 Å². The van der Waals surface area contributed by atoms with Crippen LogP contribution < -0.4 is 5.32 Å². The maximum Gasteiger partial charge on any atom is 0.254 e. The van der Waals surface area contributed by atoms with Crippen LogP contribution in [0, 0.1) is 18.7 Å². The number of carbonyl (C=O) groups is 2. The van der Waals surface area contributed by atoms with Gasteiger partial charge in [-0.3, -0.25) is 9.59 Å². The van der Waals surface area contributed by atoms with Crippen LogP contribution in [0.25, 0.3) is 11.3 Å². The SMILES string of the molecule is Cc1ccc(F)c([C@@H](CO)NC(=O)CN2Cc3ccc(-c4nc(CC5CCOCC5)ncc4Cl)cc3C2=O)c1. The highest BCUT2D eigenvalue weighted by atomic mass is 35.5. The van der Waals surface area contributed by atoms with Gasteiger partial charge in [0.2, 0.25) is 5.91 Å². The molecule has 0 aliphatic carbocycles. The molecule has 0 radical (unpaired) electrons. The molecular weight excluding hydrogens is 523 g/mol. The number of benzene rings is 2. The van der Waals surface area contributed by atoms with Crippen molar-refractivity contribution in [2.24, 2.45) is 5.92 Å². The van der Waals surface area contributed by atoms with Gasteiger partial charge < -0.3 is 20.1 Å². The molecule has 1 saturated heterocycles. The lowest BCUT2D eigenvalue weighted by atomic mass is 9.96. The molecule has 5 rings (SSSR count). The number of halogens is 2. The predicted molar refractivity (Wildman–Crippen MR) is 144 cm³/mol. The van der Waals surface area contributed by atoms with Gasteiger partial charge in [-0.25, -0.2) is 14.4 Å². The quantitative estimate of drug-likeness (QED) is 0.437. The molecule has 0 bridgehead atoms. The number of hydrogen-bond donors (Lipinski definition) is 2. The van der Waals surface area contributed by atoms with Gasteiger partial charge in [-0.05, 0) is 43.4 Å². The van der Waals surface area contributed by atoms with Crippen molar-refractivity contribution in [1.29, 1.82) is 0 Å². The molecule has 0 saturated carbocycles. The highest BCUT2D eigenvalue weighted by Crippen LogP contribution is 2.31. The van der Waals surface area contributed by atoms with Crippen molar-refractivity contribution in [2.75, 3.05) is 26.4 Å². The van der Waals surface area contributed by atoms with Gasteiger partial charge in [-0.2, -0.15) is 0 Å². The van der Waals surface area contributed by atoms with Gasteiger partial charge in [0.1, 0.15) is 18.2 Å². The van der Waals surface area contributed by atoms with Crippen LogP contribution in [0.5, 0.6) is 0 Å². The second-order valence-corrected chi connectivity index (χ2v) is 10.5. The van der Waals surface area contributed by atoms with Gasteiger partial charge in [0.05, 0.1) is 23.4 Å². The molecule has 204 valence electrons. The number of hydrogen-bond acceptors (Lipinski definition) is 6. The van der Waals surface area contributed by atoms with Gasteiger partial charge in [0.15, 0.2) is 0 Å². The summed E-state index contributed by atoms with van der Waals surface area (Å²) in [5, 5.41) is 12.8. The predicted octanol–water partition coefficient (Wildman–Crippen LogP) is 4.02. The summed E-state index contributed by atoms with van der Waals surface area (Å²) in [6.45, 7) is 2.86. The van der Waals surface area contributed by atoms with E-state index in [0.29, 0.717) is 33.6 Å². The van der Waals surface area contributed by atoms with E-state index in [1.165, 1.54) is 11.0 Å². The van der Waals surface area contributed by atoms with Crippen molar-refractivity contribution in [3.63, 3.8) is 0 Å². The van der Waals surface area contributed by atoms with Crippen LogP contribution >= 0.6 is 11.6 Å². The molecular formula is C29H30ClFN4O4. The molecule has 1 atom stereocenters. The molecule has 2 aliphatic rings. The molecule has 8 nitrogen and oxygen atoms in total. The van der Waals surface area contributed by atoms with E-state index in [1.807, 2.05) is 12.1 Å². The van der Waals surface area contributed by atoms with Crippen molar-refractivity contribution in [2.45, 2.75) is 38.8 Å². The smallest absolute Gasteiger partial charge is 0.254 e. The van der Waals surface area contributed by atoms with Gasteiger partial charge in [0.25, 0.3) is 5.91 Å². The number of aliphatic hydroxyl groups is 1. The van der Waals surface area contributed by atoms with Crippen molar-refractivity contribution in [3.05, 3.63) is 81.5 Å².